The average molecular weight is 374 g/mol. The van der Waals surface area contributed by atoms with Gasteiger partial charge in [-0.1, -0.05) is 18.2 Å². The van der Waals surface area contributed by atoms with Crippen LogP contribution in [-0.2, 0) is 22.4 Å². The zero-order valence-corrected chi connectivity index (χ0v) is 15.4. The molecular weight excluding hydrogens is 351 g/mol. The number of ether oxygens (including phenoxy) is 2. The van der Waals surface area contributed by atoms with Gasteiger partial charge in [-0.25, -0.2) is 4.39 Å². The maximum Gasteiger partial charge on any atom is 0.224 e. The van der Waals surface area contributed by atoms with Crippen LogP contribution in [0, 0.1) is 5.82 Å². The Kier molecular flexibility index (Phi) is 7.61. The van der Waals surface area contributed by atoms with Gasteiger partial charge in [0.25, 0.3) is 0 Å². The molecule has 0 aromatic heterocycles. The number of rotatable bonds is 9. The molecule has 6 nitrogen and oxygen atoms in total. The zero-order chi connectivity index (χ0) is 19.6. The van der Waals surface area contributed by atoms with Crippen LogP contribution in [0.4, 0.5) is 4.39 Å². The van der Waals surface area contributed by atoms with Gasteiger partial charge in [-0.2, -0.15) is 0 Å². The minimum atomic E-state index is -0.338. The summed E-state index contributed by atoms with van der Waals surface area (Å²) in [7, 11) is 3.10. The van der Waals surface area contributed by atoms with Crippen molar-refractivity contribution in [2.24, 2.45) is 0 Å². The molecule has 0 radical (unpaired) electrons. The van der Waals surface area contributed by atoms with Crippen LogP contribution in [0.5, 0.6) is 11.5 Å². The van der Waals surface area contributed by atoms with Gasteiger partial charge >= 0.3 is 0 Å². The zero-order valence-electron chi connectivity index (χ0n) is 15.4. The molecule has 0 saturated heterocycles. The number of carbonyl (C=O) groups is 2. The topological polar surface area (TPSA) is 76.7 Å². The largest absolute Gasteiger partial charge is 0.497 e. The van der Waals surface area contributed by atoms with E-state index in [4.69, 9.17) is 9.47 Å². The Morgan fingerprint density at radius 3 is 2.11 bits per heavy atom. The Bertz CT molecular complexity index is 778. The summed E-state index contributed by atoms with van der Waals surface area (Å²) < 4.78 is 23.2. The molecule has 0 aliphatic heterocycles. The molecule has 0 spiro atoms. The lowest BCUT2D eigenvalue weighted by molar-refractivity contribution is -0.122. The highest BCUT2D eigenvalue weighted by Gasteiger charge is 2.10. The molecular formula is C20H23FN2O4. The van der Waals surface area contributed by atoms with Crippen molar-refractivity contribution in [2.75, 3.05) is 27.3 Å². The fraction of sp³-hybridized carbons (Fsp3) is 0.300. The van der Waals surface area contributed by atoms with E-state index in [0.29, 0.717) is 24.6 Å². The highest BCUT2D eigenvalue weighted by atomic mass is 19.1. The maximum atomic E-state index is 12.8. The number of halogens is 1. The first-order valence-corrected chi connectivity index (χ1v) is 8.50. The van der Waals surface area contributed by atoms with E-state index in [1.807, 2.05) is 0 Å². The monoisotopic (exact) mass is 374 g/mol. The van der Waals surface area contributed by atoms with E-state index in [-0.39, 0.29) is 30.5 Å². The number of nitrogens with one attached hydrogen (secondary N) is 2. The Morgan fingerprint density at radius 2 is 1.52 bits per heavy atom. The van der Waals surface area contributed by atoms with Crippen LogP contribution in [0.15, 0.2) is 42.5 Å². The third-order valence-corrected chi connectivity index (χ3v) is 3.89. The first-order chi connectivity index (χ1) is 13.0. The van der Waals surface area contributed by atoms with E-state index in [1.165, 1.54) is 19.2 Å². The third-order valence-electron chi connectivity index (χ3n) is 3.89. The lowest BCUT2D eigenvalue weighted by Crippen LogP contribution is -2.36. The normalized spacial score (nSPS) is 10.2. The molecule has 2 rings (SSSR count). The van der Waals surface area contributed by atoms with Crippen molar-refractivity contribution < 1.29 is 23.5 Å². The number of amides is 2. The van der Waals surface area contributed by atoms with Gasteiger partial charge in [0.05, 0.1) is 27.1 Å². The highest BCUT2D eigenvalue weighted by Crippen LogP contribution is 2.24. The molecule has 2 amide bonds. The van der Waals surface area contributed by atoms with Gasteiger partial charge in [-0.3, -0.25) is 9.59 Å². The molecule has 0 atom stereocenters. The van der Waals surface area contributed by atoms with Crippen LogP contribution in [0.2, 0.25) is 0 Å². The Hall–Kier alpha value is -3.09. The summed E-state index contributed by atoms with van der Waals surface area (Å²) in [5.41, 5.74) is 1.47. The van der Waals surface area contributed by atoms with Crippen molar-refractivity contribution in [2.45, 2.75) is 12.8 Å². The van der Waals surface area contributed by atoms with Crippen LogP contribution in [0.25, 0.3) is 0 Å². The van der Waals surface area contributed by atoms with Gasteiger partial charge in [0.15, 0.2) is 0 Å². The number of carbonyl (C=O) groups excluding carboxylic acids is 2. The summed E-state index contributed by atoms with van der Waals surface area (Å²) in [6, 6.07) is 11.0. The smallest absolute Gasteiger partial charge is 0.224 e. The van der Waals surface area contributed by atoms with Crippen LogP contribution in [0.3, 0.4) is 0 Å². The maximum absolute atomic E-state index is 12.8. The predicted octanol–water partition coefficient (Wildman–Crippen LogP) is 1.86. The van der Waals surface area contributed by atoms with Gasteiger partial charge in [-0.05, 0) is 23.8 Å². The molecule has 0 fully saturated rings. The lowest BCUT2D eigenvalue weighted by Gasteiger charge is -2.11. The summed E-state index contributed by atoms with van der Waals surface area (Å²) >= 11 is 0. The van der Waals surface area contributed by atoms with Gasteiger partial charge in [0, 0.05) is 24.7 Å². The van der Waals surface area contributed by atoms with Gasteiger partial charge in [0.2, 0.25) is 11.8 Å². The van der Waals surface area contributed by atoms with Crippen molar-refractivity contribution in [3.05, 3.63) is 59.4 Å². The van der Waals surface area contributed by atoms with Gasteiger partial charge in [-0.15, -0.1) is 0 Å². The van der Waals surface area contributed by atoms with Crippen molar-refractivity contribution in [3.63, 3.8) is 0 Å². The molecule has 0 saturated carbocycles. The Balaban J connectivity index is 1.71. The molecule has 2 N–H and O–H groups in total. The second-order valence-electron chi connectivity index (χ2n) is 5.86. The lowest BCUT2D eigenvalue weighted by atomic mass is 10.1. The first kappa shape index (κ1) is 20.2. The minimum Gasteiger partial charge on any atom is -0.497 e. The standard InChI is InChI=1S/C20H23FN2O4/c1-26-17-8-5-15(18(13-17)27-2)12-20(25)23-10-9-22-19(24)11-14-3-6-16(21)7-4-14/h3-8,13H,9-12H2,1-2H3,(H,22,24)(H,23,25). The van der Waals surface area contributed by atoms with Crippen LogP contribution < -0.4 is 20.1 Å². The molecule has 144 valence electrons. The van der Waals surface area contributed by atoms with Crippen molar-refractivity contribution in [1.29, 1.82) is 0 Å². The van der Waals surface area contributed by atoms with Crippen LogP contribution in [-0.4, -0.2) is 39.1 Å². The minimum absolute atomic E-state index is 0.163. The fourth-order valence-corrected chi connectivity index (χ4v) is 2.49. The molecule has 2 aromatic rings. The number of methoxy groups -OCH3 is 2. The Morgan fingerprint density at radius 1 is 0.889 bits per heavy atom. The first-order valence-electron chi connectivity index (χ1n) is 8.50. The molecule has 27 heavy (non-hydrogen) atoms. The molecule has 0 heterocycles. The van der Waals surface area contributed by atoms with Crippen LogP contribution in [0.1, 0.15) is 11.1 Å². The fourth-order valence-electron chi connectivity index (χ4n) is 2.49. The van der Waals surface area contributed by atoms with Crippen molar-refractivity contribution in [3.8, 4) is 11.5 Å². The highest BCUT2D eigenvalue weighted by molar-refractivity contribution is 5.80. The predicted molar refractivity (Wildman–Crippen MR) is 99.4 cm³/mol. The van der Waals surface area contributed by atoms with E-state index in [1.54, 1.807) is 37.4 Å². The molecule has 0 aliphatic rings. The SMILES string of the molecule is COc1ccc(CC(=O)NCCNC(=O)Cc2ccc(F)cc2)c(OC)c1. The quantitative estimate of drug-likeness (QED) is 0.657. The summed E-state index contributed by atoms with van der Waals surface area (Å²) in [5.74, 6) is 0.534. The van der Waals surface area contributed by atoms with Crippen LogP contribution >= 0.6 is 0 Å². The third kappa shape index (κ3) is 6.62. The van der Waals surface area contributed by atoms with Gasteiger partial charge < -0.3 is 20.1 Å². The average Bonchev–Trinajstić information content (AvgIpc) is 2.67. The van der Waals surface area contributed by atoms with E-state index in [0.717, 1.165) is 11.1 Å². The molecule has 2 aromatic carbocycles. The van der Waals surface area contributed by atoms with E-state index in [2.05, 4.69) is 10.6 Å². The summed E-state index contributed by atoms with van der Waals surface area (Å²) in [5, 5.41) is 5.46. The number of benzene rings is 2. The van der Waals surface area contributed by atoms with Gasteiger partial charge in [0.1, 0.15) is 17.3 Å². The number of hydrogen-bond acceptors (Lipinski definition) is 4. The van der Waals surface area contributed by atoms with Crippen molar-refractivity contribution >= 4 is 11.8 Å². The number of hydrogen-bond donors (Lipinski definition) is 2. The summed E-state index contributed by atoms with van der Waals surface area (Å²) in [6.07, 6.45) is 0.327. The summed E-state index contributed by atoms with van der Waals surface area (Å²) in [6.45, 7) is 0.623. The van der Waals surface area contributed by atoms with E-state index < -0.39 is 0 Å². The van der Waals surface area contributed by atoms with E-state index >= 15 is 0 Å². The molecule has 0 aliphatic carbocycles. The second kappa shape index (κ2) is 10.2. The molecule has 7 heteroatoms. The summed E-state index contributed by atoms with van der Waals surface area (Å²) in [4.78, 5) is 23.9. The second-order valence-corrected chi connectivity index (χ2v) is 5.86. The Labute approximate surface area is 157 Å². The molecule has 0 unspecified atom stereocenters. The van der Waals surface area contributed by atoms with E-state index in [9.17, 15) is 14.0 Å². The molecule has 0 bridgehead atoms. The van der Waals surface area contributed by atoms with Crippen molar-refractivity contribution in [1.82, 2.24) is 10.6 Å².